The summed E-state index contributed by atoms with van der Waals surface area (Å²) in [7, 11) is 8.22. The molecule has 0 atom stereocenters. The quantitative estimate of drug-likeness (QED) is 0.576. The summed E-state index contributed by atoms with van der Waals surface area (Å²) in [5, 5.41) is 0. The van der Waals surface area contributed by atoms with Gasteiger partial charge in [0, 0.05) is 0 Å². The number of hydrogen-bond acceptors (Lipinski definition) is 2. The van der Waals surface area contributed by atoms with Gasteiger partial charge in [0.15, 0.2) is 0 Å². The molecule has 0 N–H and O–H groups in total. The lowest BCUT2D eigenvalue weighted by molar-refractivity contribution is 0.434. The Bertz CT molecular complexity index is 43.2. The van der Waals surface area contributed by atoms with E-state index in [1.807, 2.05) is 0 Å². The molecule has 0 radical (unpaired) electrons. The summed E-state index contributed by atoms with van der Waals surface area (Å²) in [4.78, 5) is 4.25. The van der Waals surface area contributed by atoms with Crippen molar-refractivity contribution >= 4 is 0 Å². The highest BCUT2D eigenvalue weighted by molar-refractivity contribution is 4.26. The first-order valence-corrected chi connectivity index (χ1v) is 3.84. The molecule has 10 heavy (non-hydrogen) atoms. The molecule has 2 nitrogen and oxygen atoms in total. The van der Waals surface area contributed by atoms with E-state index in [1.165, 1.54) is 0 Å². The first-order valence-electron chi connectivity index (χ1n) is 3.84. The molecule has 64 valence electrons. The topological polar surface area (TPSA) is 6.48 Å². The van der Waals surface area contributed by atoms with E-state index >= 15 is 0 Å². The zero-order valence-electron chi connectivity index (χ0n) is 8.31. The van der Waals surface area contributed by atoms with Crippen LogP contribution in [0, 0.1) is 0 Å². The first-order chi connectivity index (χ1) is 4.54. The lowest BCUT2D eigenvalue weighted by atomic mass is 10.7. The van der Waals surface area contributed by atoms with E-state index in [0.29, 0.717) is 0 Å². The van der Waals surface area contributed by atoms with Crippen LogP contribution in [0.25, 0.3) is 0 Å². The Morgan fingerprint density at radius 1 is 0.700 bits per heavy atom. The summed E-state index contributed by atoms with van der Waals surface area (Å²) in [6.07, 6.45) is 0. The van der Waals surface area contributed by atoms with E-state index in [9.17, 15) is 0 Å². The van der Waals surface area contributed by atoms with Crippen molar-refractivity contribution in [3.63, 3.8) is 0 Å². The molecule has 0 amide bonds. The molecular formula is C8H22N2. The third kappa shape index (κ3) is 24.7. The van der Waals surface area contributed by atoms with Gasteiger partial charge in [0.05, 0.1) is 0 Å². The fourth-order valence-electron chi connectivity index (χ4n) is 0. The first kappa shape index (κ1) is 12.6. The molecule has 0 heterocycles. The second-order valence-corrected chi connectivity index (χ2v) is 2.79. The van der Waals surface area contributed by atoms with Crippen LogP contribution in [0.2, 0.25) is 0 Å². The van der Waals surface area contributed by atoms with Gasteiger partial charge in [-0.2, -0.15) is 0 Å². The third-order valence-corrected chi connectivity index (χ3v) is 1.26. The van der Waals surface area contributed by atoms with Gasteiger partial charge in [-0.1, -0.05) is 13.8 Å². The molecule has 0 aliphatic heterocycles. The maximum atomic E-state index is 2.12. The minimum atomic E-state index is 1.14. The molecule has 0 rings (SSSR count). The second kappa shape index (κ2) is 8.92. The average molecular weight is 146 g/mol. The summed E-state index contributed by atoms with van der Waals surface area (Å²) >= 11 is 0. The molecule has 0 spiro atoms. The highest BCUT2D eigenvalue weighted by Gasteiger charge is 1.72. The smallest absolute Gasteiger partial charge is 0.00533 e. The largest absolute Gasteiger partial charge is 0.310 e. The fourth-order valence-corrected chi connectivity index (χ4v) is 0. The molecular weight excluding hydrogens is 124 g/mol. The van der Waals surface area contributed by atoms with Crippen molar-refractivity contribution in [2.45, 2.75) is 13.8 Å². The summed E-state index contributed by atoms with van der Waals surface area (Å²) in [5.74, 6) is 0. The van der Waals surface area contributed by atoms with E-state index < -0.39 is 0 Å². The molecule has 0 saturated carbocycles. The van der Waals surface area contributed by atoms with Crippen LogP contribution in [0.1, 0.15) is 13.8 Å². The van der Waals surface area contributed by atoms with Crippen molar-refractivity contribution in [3.8, 4) is 0 Å². The van der Waals surface area contributed by atoms with Crippen molar-refractivity contribution in [1.82, 2.24) is 9.80 Å². The van der Waals surface area contributed by atoms with Crippen molar-refractivity contribution < 1.29 is 0 Å². The maximum Gasteiger partial charge on any atom is -0.00533 e. The van der Waals surface area contributed by atoms with E-state index in [0.717, 1.165) is 13.1 Å². The van der Waals surface area contributed by atoms with E-state index in [-0.39, 0.29) is 0 Å². The molecule has 0 aromatic carbocycles. The second-order valence-electron chi connectivity index (χ2n) is 2.79. The molecule has 0 saturated heterocycles. The van der Waals surface area contributed by atoms with Gasteiger partial charge in [-0.25, -0.2) is 0 Å². The predicted octanol–water partition coefficient (Wildman–Crippen LogP) is 1.14. The van der Waals surface area contributed by atoms with Crippen LogP contribution >= 0.6 is 0 Å². The molecule has 0 bridgehead atoms. The van der Waals surface area contributed by atoms with Crippen LogP contribution in [0.15, 0.2) is 0 Å². The van der Waals surface area contributed by atoms with Gasteiger partial charge in [0.25, 0.3) is 0 Å². The average Bonchev–Trinajstić information content (AvgIpc) is 1.89. The minimum absolute atomic E-state index is 1.14. The van der Waals surface area contributed by atoms with Crippen molar-refractivity contribution in [2.75, 3.05) is 41.3 Å². The van der Waals surface area contributed by atoms with E-state index in [2.05, 4.69) is 51.8 Å². The number of hydrogen-bond donors (Lipinski definition) is 0. The molecule has 0 aromatic heterocycles. The normalized spacial score (nSPS) is 9.60. The molecule has 0 aromatic rings. The SMILES string of the molecule is CCN(C)C.CCN(C)C. The Labute approximate surface area is 65.8 Å². The Balaban J connectivity index is 0. The predicted molar refractivity (Wildman–Crippen MR) is 48.5 cm³/mol. The molecule has 0 unspecified atom stereocenters. The molecule has 0 fully saturated rings. The van der Waals surface area contributed by atoms with Gasteiger partial charge < -0.3 is 9.80 Å². The van der Waals surface area contributed by atoms with Crippen molar-refractivity contribution in [2.24, 2.45) is 0 Å². The fraction of sp³-hybridized carbons (Fsp3) is 1.00. The van der Waals surface area contributed by atoms with Gasteiger partial charge in [0.2, 0.25) is 0 Å². The van der Waals surface area contributed by atoms with Gasteiger partial charge in [0.1, 0.15) is 0 Å². The number of rotatable bonds is 2. The standard InChI is InChI=1S/2C4H11N/c2*1-4-5(2)3/h2*4H2,1-3H3. The van der Waals surface area contributed by atoms with Gasteiger partial charge in [-0.3, -0.25) is 0 Å². The Kier molecular flexibility index (Phi) is 11.2. The molecule has 0 aliphatic carbocycles. The van der Waals surface area contributed by atoms with E-state index in [1.54, 1.807) is 0 Å². The number of nitrogens with zero attached hydrogens (tertiary/aromatic N) is 2. The zero-order chi connectivity index (χ0) is 8.57. The lowest BCUT2D eigenvalue weighted by Crippen LogP contribution is -2.08. The minimum Gasteiger partial charge on any atom is -0.310 e. The molecule has 2 heteroatoms. The zero-order valence-corrected chi connectivity index (χ0v) is 8.31. The summed E-state index contributed by atoms with van der Waals surface area (Å²) in [5.41, 5.74) is 0. The van der Waals surface area contributed by atoms with E-state index in [4.69, 9.17) is 0 Å². The van der Waals surface area contributed by atoms with Crippen LogP contribution in [0.5, 0.6) is 0 Å². The highest BCUT2D eigenvalue weighted by atomic mass is 15.0. The Morgan fingerprint density at radius 2 is 0.800 bits per heavy atom. The highest BCUT2D eigenvalue weighted by Crippen LogP contribution is 1.64. The Hall–Kier alpha value is -0.0800. The van der Waals surface area contributed by atoms with Crippen molar-refractivity contribution in [3.05, 3.63) is 0 Å². The Morgan fingerprint density at radius 3 is 0.800 bits per heavy atom. The summed E-state index contributed by atoms with van der Waals surface area (Å²) in [6, 6.07) is 0. The lowest BCUT2D eigenvalue weighted by Gasteiger charge is -2.00. The monoisotopic (exact) mass is 146 g/mol. The van der Waals surface area contributed by atoms with Crippen LogP contribution in [0.4, 0.5) is 0 Å². The van der Waals surface area contributed by atoms with Crippen LogP contribution < -0.4 is 0 Å². The maximum absolute atomic E-state index is 2.12. The van der Waals surface area contributed by atoms with Gasteiger partial charge in [-0.15, -0.1) is 0 Å². The van der Waals surface area contributed by atoms with Gasteiger partial charge in [-0.05, 0) is 41.3 Å². The molecule has 0 aliphatic rings. The van der Waals surface area contributed by atoms with Crippen LogP contribution in [-0.4, -0.2) is 51.1 Å². The third-order valence-electron chi connectivity index (χ3n) is 1.26. The van der Waals surface area contributed by atoms with Crippen LogP contribution in [0.3, 0.4) is 0 Å². The summed E-state index contributed by atoms with van der Waals surface area (Å²) in [6.45, 7) is 6.53. The van der Waals surface area contributed by atoms with Crippen LogP contribution in [-0.2, 0) is 0 Å². The summed E-state index contributed by atoms with van der Waals surface area (Å²) < 4.78 is 0. The van der Waals surface area contributed by atoms with Gasteiger partial charge >= 0.3 is 0 Å². The van der Waals surface area contributed by atoms with Crippen molar-refractivity contribution in [1.29, 1.82) is 0 Å².